The summed E-state index contributed by atoms with van der Waals surface area (Å²) in [4.78, 5) is 8.12. The van der Waals surface area contributed by atoms with E-state index in [4.69, 9.17) is 11.6 Å². The topological polar surface area (TPSA) is 59.9 Å². The van der Waals surface area contributed by atoms with Crippen molar-refractivity contribution in [3.05, 3.63) is 21.1 Å². The van der Waals surface area contributed by atoms with Crippen LogP contribution in [0.2, 0.25) is 5.15 Å². The molecule has 1 aromatic heterocycles. The summed E-state index contributed by atoms with van der Waals surface area (Å²) in [5.74, 6) is 0.0654. The van der Waals surface area contributed by atoms with Crippen molar-refractivity contribution >= 4 is 37.4 Å². The molecule has 0 saturated carbocycles. The molecular formula is C9H12BrClN2O2S. The molecule has 1 rings (SSSR count). The van der Waals surface area contributed by atoms with Gasteiger partial charge in [-0.1, -0.05) is 24.9 Å². The molecule has 0 N–H and O–H groups in total. The summed E-state index contributed by atoms with van der Waals surface area (Å²) in [6.07, 6.45) is 2.79. The van der Waals surface area contributed by atoms with Crippen LogP contribution >= 0.6 is 27.5 Å². The molecule has 0 aliphatic carbocycles. The highest BCUT2D eigenvalue weighted by atomic mass is 79.9. The van der Waals surface area contributed by atoms with Crippen LogP contribution in [0.4, 0.5) is 0 Å². The number of hydrogen-bond acceptors (Lipinski definition) is 4. The smallest absolute Gasteiger partial charge is 0.154 e. The summed E-state index contributed by atoms with van der Waals surface area (Å²) in [7, 11) is -3.14. The molecule has 0 amide bonds. The minimum absolute atomic E-state index is 0.184. The summed E-state index contributed by atoms with van der Waals surface area (Å²) < 4.78 is 22.9. The van der Waals surface area contributed by atoms with Crippen molar-refractivity contribution in [3.8, 4) is 0 Å². The van der Waals surface area contributed by atoms with Crippen LogP contribution in [0.15, 0.2) is 4.47 Å². The van der Waals surface area contributed by atoms with E-state index in [0.717, 1.165) is 24.8 Å². The van der Waals surface area contributed by atoms with Gasteiger partial charge in [-0.05, 0) is 22.4 Å². The molecule has 7 heteroatoms. The number of halogens is 2. The fourth-order valence-electron chi connectivity index (χ4n) is 1.21. The Bertz CT molecular complexity index is 491. The van der Waals surface area contributed by atoms with E-state index in [9.17, 15) is 8.42 Å². The molecule has 0 saturated heterocycles. The average Bonchev–Trinajstić information content (AvgIpc) is 2.11. The second-order valence-corrected chi connectivity index (χ2v) is 6.80. The number of aromatic nitrogens is 2. The van der Waals surface area contributed by atoms with Gasteiger partial charge in [0.1, 0.15) is 16.7 Å². The molecule has 4 nitrogen and oxygen atoms in total. The Balaban J connectivity index is 3.13. The van der Waals surface area contributed by atoms with Crippen LogP contribution in [0.5, 0.6) is 0 Å². The quantitative estimate of drug-likeness (QED) is 0.797. The third kappa shape index (κ3) is 3.99. The van der Waals surface area contributed by atoms with E-state index in [-0.39, 0.29) is 16.7 Å². The standard InChI is InChI=1S/C9H12BrClN2O2S/c1-3-4-6-8(10)9(11)13-7(12-6)5-16(2,14)15/h3-5H2,1-2H3. The molecule has 16 heavy (non-hydrogen) atoms. The Morgan fingerprint density at radius 3 is 2.50 bits per heavy atom. The van der Waals surface area contributed by atoms with Gasteiger partial charge in [0, 0.05) is 6.26 Å². The van der Waals surface area contributed by atoms with Gasteiger partial charge >= 0.3 is 0 Å². The SMILES string of the molecule is CCCc1nc(CS(C)(=O)=O)nc(Cl)c1Br. The molecule has 0 radical (unpaired) electrons. The maximum Gasteiger partial charge on any atom is 0.154 e. The van der Waals surface area contributed by atoms with Gasteiger partial charge in [0.15, 0.2) is 9.84 Å². The minimum Gasteiger partial charge on any atom is -0.236 e. The molecule has 0 fully saturated rings. The first kappa shape index (κ1) is 13.9. The Kier molecular flexibility index (Phi) is 4.70. The first-order valence-electron chi connectivity index (χ1n) is 4.72. The molecule has 1 heterocycles. The van der Waals surface area contributed by atoms with Gasteiger partial charge in [0.2, 0.25) is 0 Å². The molecule has 0 unspecified atom stereocenters. The van der Waals surface area contributed by atoms with Gasteiger partial charge in [0.05, 0.1) is 10.2 Å². The predicted octanol–water partition coefficient (Wildman–Crippen LogP) is 2.39. The van der Waals surface area contributed by atoms with Crippen molar-refractivity contribution in [3.63, 3.8) is 0 Å². The van der Waals surface area contributed by atoms with E-state index >= 15 is 0 Å². The number of hydrogen-bond donors (Lipinski definition) is 0. The van der Waals surface area contributed by atoms with Crippen LogP contribution in [-0.4, -0.2) is 24.6 Å². The first-order chi connectivity index (χ1) is 7.33. The zero-order chi connectivity index (χ0) is 12.3. The van der Waals surface area contributed by atoms with Gasteiger partial charge < -0.3 is 0 Å². The number of rotatable bonds is 4. The number of aryl methyl sites for hydroxylation is 1. The van der Waals surface area contributed by atoms with Crippen molar-refractivity contribution in [1.82, 2.24) is 9.97 Å². The van der Waals surface area contributed by atoms with Crippen molar-refractivity contribution in [2.45, 2.75) is 25.5 Å². The predicted molar refractivity (Wildman–Crippen MR) is 67.3 cm³/mol. The normalized spacial score (nSPS) is 11.8. The molecule has 0 aliphatic heterocycles. The summed E-state index contributed by atoms with van der Waals surface area (Å²) in [5.41, 5.74) is 0.751. The maximum atomic E-state index is 11.1. The number of nitrogens with zero attached hydrogens (tertiary/aromatic N) is 2. The molecular weight excluding hydrogens is 316 g/mol. The molecule has 1 aromatic rings. The number of sulfone groups is 1. The molecule has 0 aromatic carbocycles. The summed E-state index contributed by atoms with van der Waals surface area (Å²) in [6, 6.07) is 0. The minimum atomic E-state index is -3.14. The highest BCUT2D eigenvalue weighted by molar-refractivity contribution is 9.10. The Hall–Kier alpha value is -0.200. The van der Waals surface area contributed by atoms with Gasteiger partial charge in [-0.2, -0.15) is 0 Å². The Morgan fingerprint density at radius 1 is 1.38 bits per heavy atom. The van der Waals surface area contributed by atoms with E-state index in [1.54, 1.807) is 0 Å². The van der Waals surface area contributed by atoms with Crippen LogP contribution in [0.25, 0.3) is 0 Å². The van der Waals surface area contributed by atoms with Crippen molar-refractivity contribution in [2.75, 3.05) is 6.26 Å². The molecule has 0 aliphatic rings. The molecule has 0 bridgehead atoms. The lowest BCUT2D eigenvalue weighted by atomic mass is 10.2. The van der Waals surface area contributed by atoms with Crippen LogP contribution in [-0.2, 0) is 22.0 Å². The summed E-state index contributed by atoms with van der Waals surface area (Å²) >= 11 is 9.18. The van der Waals surface area contributed by atoms with Crippen molar-refractivity contribution in [2.24, 2.45) is 0 Å². The van der Waals surface area contributed by atoms with Crippen molar-refractivity contribution in [1.29, 1.82) is 0 Å². The third-order valence-corrected chi connectivity index (χ3v) is 3.92. The highest BCUT2D eigenvalue weighted by Crippen LogP contribution is 2.24. The lowest BCUT2D eigenvalue weighted by Gasteiger charge is -2.06. The first-order valence-corrected chi connectivity index (χ1v) is 7.95. The van der Waals surface area contributed by atoms with Crippen LogP contribution in [0.1, 0.15) is 24.9 Å². The third-order valence-electron chi connectivity index (χ3n) is 1.80. The largest absolute Gasteiger partial charge is 0.236 e. The van der Waals surface area contributed by atoms with Gasteiger partial charge in [-0.25, -0.2) is 18.4 Å². The highest BCUT2D eigenvalue weighted by Gasteiger charge is 2.13. The van der Waals surface area contributed by atoms with Crippen LogP contribution in [0.3, 0.4) is 0 Å². The zero-order valence-corrected chi connectivity index (χ0v) is 12.2. The monoisotopic (exact) mass is 326 g/mol. The van der Waals surface area contributed by atoms with Gasteiger partial charge in [-0.15, -0.1) is 0 Å². The fourth-order valence-corrected chi connectivity index (χ4v) is 2.39. The Morgan fingerprint density at radius 2 is 2.00 bits per heavy atom. The average molecular weight is 328 g/mol. The van der Waals surface area contributed by atoms with Gasteiger partial charge in [0.25, 0.3) is 0 Å². The summed E-state index contributed by atoms with van der Waals surface area (Å²) in [6.45, 7) is 2.01. The van der Waals surface area contributed by atoms with E-state index in [2.05, 4.69) is 25.9 Å². The Labute approximate surface area is 108 Å². The van der Waals surface area contributed by atoms with E-state index in [1.807, 2.05) is 6.92 Å². The van der Waals surface area contributed by atoms with Gasteiger partial charge in [-0.3, -0.25) is 0 Å². The fraction of sp³-hybridized carbons (Fsp3) is 0.556. The van der Waals surface area contributed by atoms with E-state index in [0.29, 0.717) is 4.47 Å². The zero-order valence-electron chi connectivity index (χ0n) is 9.00. The molecule has 90 valence electrons. The van der Waals surface area contributed by atoms with E-state index in [1.165, 1.54) is 0 Å². The lowest BCUT2D eigenvalue weighted by molar-refractivity contribution is 0.599. The lowest BCUT2D eigenvalue weighted by Crippen LogP contribution is -2.08. The second-order valence-electron chi connectivity index (χ2n) is 3.51. The van der Waals surface area contributed by atoms with E-state index < -0.39 is 9.84 Å². The second kappa shape index (κ2) is 5.42. The maximum absolute atomic E-state index is 11.1. The summed E-state index contributed by atoms with van der Waals surface area (Å²) in [5, 5.41) is 0.261. The molecule has 0 spiro atoms. The van der Waals surface area contributed by atoms with Crippen LogP contribution in [0, 0.1) is 0 Å². The molecule has 0 atom stereocenters. The van der Waals surface area contributed by atoms with Crippen molar-refractivity contribution < 1.29 is 8.42 Å². The van der Waals surface area contributed by atoms with Crippen LogP contribution < -0.4 is 0 Å².